The van der Waals surface area contributed by atoms with Gasteiger partial charge in [0, 0.05) is 34.8 Å². The number of carbonyl (C=O) groups is 3. The molecule has 0 aliphatic heterocycles. The molecule has 1 atom stereocenters. The molecule has 9 nitrogen and oxygen atoms in total. The van der Waals surface area contributed by atoms with Crippen LogP contribution in [0.25, 0.3) is 10.9 Å². The third kappa shape index (κ3) is 7.31. The number of nitrogens with one attached hydrogen (secondary N) is 2. The van der Waals surface area contributed by atoms with Gasteiger partial charge in [-0.1, -0.05) is 30.3 Å². The SMILES string of the molecule is Cc1cn(C(C)C(=O)Nc2cc(C#N)ccc2CCCC(=O)O)c2cc(C(=O)NCCOc3ccccc3)ccc12. The maximum Gasteiger partial charge on any atom is 0.303 e. The number of hydrogen-bond acceptors (Lipinski definition) is 5. The van der Waals surface area contributed by atoms with Gasteiger partial charge in [-0.2, -0.15) is 5.26 Å². The van der Waals surface area contributed by atoms with Crippen LogP contribution in [0.3, 0.4) is 0 Å². The zero-order valence-corrected chi connectivity index (χ0v) is 23.0. The summed E-state index contributed by atoms with van der Waals surface area (Å²) in [5, 5.41) is 25.1. The van der Waals surface area contributed by atoms with Gasteiger partial charge in [0.2, 0.25) is 5.91 Å². The van der Waals surface area contributed by atoms with E-state index < -0.39 is 12.0 Å². The predicted octanol–water partition coefficient (Wildman–Crippen LogP) is 5.24. The molecule has 3 aromatic carbocycles. The zero-order valence-electron chi connectivity index (χ0n) is 23.0. The van der Waals surface area contributed by atoms with Crippen molar-refractivity contribution in [3.05, 3.63) is 95.2 Å². The Bertz CT molecular complexity index is 1600. The van der Waals surface area contributed by atoms with Gasteiger partial charge in [-0.3, -0.25) is 14.4 Å². The van der Waals surface area contributed by atoms with Gasteiger partial charge in [0.15, 0.2) is 0 Å². The van der Waals surface area contributed by atoms with Crippen LogP contribution in [0.2, 0.25) is 0 Å². The average molecular weight is 553 g/mol. The standard InChI is InChI=1S/C32H32N4O5/c1-21-20-36(22(2)31(39)35-28-17-23(19-33)11-12-24(28)7-6-10-30(37)38)29-18-25(13-14-27(21)29)32(40)34-15-16-41-26-8-4-3-5-9-26/h3-5,8-9,11-14,17-18,20,22H,6-7,10,15-16H2,1-2H3,(H,34,40)(H,35,39)(H,37,38). The smallest absolute Gasteiger partial charge is 0.303 e. The Morgan fingerprint density at radius 2 is 1.85 bits per heavy atom. The number of fused-ring (bicyclic) bond motifs is 1. The predicted molar refractivity (Wildman–Crippen MR) is 156 cm³/mol. The summed E-state index contributed by atoms with van der Waals surface area (Å²) in [4.78, 5) is 37.2. The summed E-state index contributed by atoms with van der Waals surface area (Å²) < 4.78 is 7.47. The minimum Gasteiger partial charge on any atom is -0.492 e. The van der Waals surface area contributed by atoms with Gasteiger partial charge >= 0.3 is 5.97 Å². The van der Waals surface area contributed by atoms with Crippen LogP contribution < -0.4 is 15.4 Å². The lowest BCUT2D eigenvalue weighted by atomic mass is 10.0. The van der Waals surface area contributed by atoms with Crippen LogP contribution in [0.1, 0.15) is 52.9 Å². The topological polar surface area (TPSA) is 133 Å². The van der Waals surface area contributed by atoms with Crippen molar-refractivity contribution in [3.8, 4) is 11.8 Å². The Morgan fingerprint density at radius 1 is 1.07 bits per heavy atom. The zero-order chi connectivity index (χ0) is 29.4. The lowest BCUT2D eigenvalue weighted by Crippen LogP contribution is -2.28. The summed E-state index contributed by atoms with van der Waals surface area (Å²) in [6.45, 7) is 4.37. The molecule has 4 rings (SSSR count). The van der Waals surface area contributed by atoms with Crippen LogP contribution in [0.5, 0.6) is 5.75 Å². The number of aliphatic carboxylic acids is 1. The molecule has 9 heteroatoms. The van der Waals surface area contributed by atoms with Gasteiger partial charge in [-0.25, -0.2) is 0 Å². The molecule has 0 saturated heterocycles. The second-order valence-electron chi connectivity index (χ2n) is 9.76. The van der Waals surface area contributed by atoms with E-state index in [1.807, 2.05) is 54.1 Å². The first-order chi connectivity index (χ1) is 19.8. The fourth-order valence-electron chi connectivity index (χ4n) is 4.61. The number of carbonyl (C=O) groups excluding carboxylic acids is 2. The molecule has 0 bridgehead atoms. The Morgan fingerprint density at radius 3 is 2.59 bits per heavy atom. The van der Waals surface area contributed by atoms with E-state index in [-0.39, 0.29) is 18.2 Å². The lowest BCUT2D eigenvalue weighted by molar-refractivity contribution is -0.137. The third-order valence-electron chi connectivity index (χ3n) is 6.83. The van der Waals surface area contributed by atoms with Gasteiger partial charge < -0.3 is 25.0 Å². The van der Waals surface area contributed by atoms with E-state index >= 15 is 0 Å². The normalized spacial score (nSPS) is 11.4. The van der Waals surface area contributed by atoms with Crippen LogP contribution in [0.4, 0.5) is 5.69 Å². The molecule has 2 amide bonds. The molecule has 1 unspecified atom stereocenters. The van der Waals surface area contributed by atoms with Crippen LogP contribution in [0.15, 0.2) is 72.9 Å². The van der Waals surface area contributed by atoms with E-state index in [1.54, 1.807) is 37.3 Å². The first kappa shape index (κ1) is 28.9. The summed E-state index contributed by atoms with van der Waals surface area (Å²) >= 11 is 0. The summed E-state index contributed by atoms with van der Waals surface area (Å²) in [6.07, 6.45) is 2.74. The highest BCUT2D eigenvalue weighted by Crippen LogP contribution is 2.27. The molecule has 4 aromatic rings. The van der Waals surface area contributed by atoms with Crippen molar-refractivity contribution < 1.29 is 24.2 Å². The molecule has 0 aliphatic rings. The number of carboxylic acid groups (broad SMARTS) is 1. The molecule has 0 spiro atoms. The van der Waals surface area contributed by atoms with Crippen molar-refractivity contribution in [2.24, 2.45) is 0 Å². The number of carboxylic acids is 1. The minimum absolute atomic E-state index is 0.00832. The molecule has 0 fully saturated rings. The van der Waals surface area contributed by atoms with E-state index in [4.69, 9.17) is 9.84 Å². The van der Waals surface area contributed by atoms with Crippen molar-refractivity contribution in [2.75, 3.05) is 18.5 Å². The molecule has 3 N–H and O–H groups in total. The van der Waals surface area contributed by atoms with Gasteiger partial charge in [0.25, 0.3) is 5.91 Å². The van der Waals surface area contributed by atoms with Crippen molar-refractivity contribution in [2.45, 2.75) is 39.2 Å². The van der Waals surface area contributed by atoms with Crippen LogP contribution in [-0.2, 0) is 16.0 Å². The first-order valence-corrected chi connectivity index (χ1v) is 13.4. The number of hydrogen-bond donors (Lipinski definition) is 3. The highest BCUT2D eigenvalue weighted by atomic mass is 16.5. The molecule has 0 saturated carbocycles. The number of benzene rings is 3. The number of aryl methyl sites for hydroxylation is 2. The van der Waals surface area contributed by atoms with Crippen LogP contribution in [0, 0.1) is 18.3 Å². The lowest BCUT2D eigenvalue weighted by Gasteiger charge is -2.18. The second-order valence-corrected chi connectivity index (χ2v) is 9.76. The first-order valence-electron chi connectivity index (χ1n) is 13.4. The minimum atomic E-state index is -0.888. The number of ether oxygens (including phenoxy) is 1. The number of aromatic nitrogens is 1. The highest BCUT2D eigenvalue weighted by molar-refractivity contribution is 6.00. The van der Waals surface area contributed by atoms with Crippen molar-refractivity contribution >= 4 is 34.4 Å². The molecule has 210 valence electrons. The molecule has 1 heterocycles. The van der Waals surface area contributed by atoms with E-state index in [2.05, 4.69) is 16.7 Å². The second kappa shape index (κ2) is 13.3. The number of para-hydroxylation sites is 1. The number of nitrogens with zero attached hydrogens (tertiary/aromatic N) is 2. The molecular weight excluding hydrogens is 520 g/mol. The summed E-state index contributed by atoms with van der Waals surface area (Å²) in [7, 11) is 0. The Kier molecular flexibility index (Phi) is 9.38. The Balaban J connectivity index is 1.48. The number of amides is 2. The maximum atomic E-state index is 13.4. The van der Waals surface area contributed by atoms with Gasteiger partial charge in [-0.05, 0) is 74.2 Å². The number of anilines is 1. The van der Waals surface area contributed by atoms with Crippen molar-refractivity contribution in [1.82, 2.24) is 9.88 Å². The summed E-state index contributed by atoms with van der Waals surface area (Å²) in [5.41, 5.74) is 3.80. The van der Waals surface area contributed by atoms with Gasteiger partial charge in [-0.15, -0.1) is 0 Å². The van der Waals surface area contributed by atoms with Crippen LogP contribution >= 0.6 is 0 Å². The fraction of sp³-hybridized carbons (Fsp3) is 0.250. The monoisotopic (exact) mass is 552 g/mol. The van der Waals surface area contributed by atoms with E-state index in [1.165, 1.54) is 0 Å². The van der Waals surface area contributed by atoms with E-state index in [9.17, 15) is 19.6 Å². The largest absolute Gasteiger partial charge is 0.492 e. The number of nitriles is 1. The summed E-state index contributed by atoms with van der Waals surface area (Å²) in [5.74, 6) is -0.702. The third-order valence-corrected chi connectivity index (χ3v) is 6.83. The molecular formula is C32H32N4O5. The maximum absolute atomic E-state index is 13.4. The van der Waals surface area contributed by atoms with E-state index in [0.717, 1.165) is 27.8 Å². The Hall–Kier alpha value is -5.10. The molecule has 0 aliphatic carbocycles. The molecule has 41 heavy (non-hydrogen) atoms. The van der Waals surface area contributed by atoms with Gasteiger partial charge in [0.1, 0.15) is 18.4 Å². The quantitative estimate of drug-likeness (QED) is 0.206. The van der Waals surface area contributed by atoms with Gasteiger partial charge in [0.05, 0.1) is 18.2 Å². The van der Waals surface area contributed by atoms with Crippen LogP contribution in [-0.4, -0.2) is 40.6 Å². The Labute approximate surface area is 238 Å². The molecule has 0 radical (unpaired) electrons. The van der Waals surface area contributed by atoms with E-state index in [0.29, 0.717) is 42.8 Å². The highest BCUT2D eigenvalue weighted by Gasteiger charge is 2.20. The van der Waals surface area contributed by atoms with Crippen molar-refractivity contribution in [3.63, 3.8) is 0 Å². The number of rotatable bonds is 12. The summed E-state index contributed by atoms with van der Waals surface area (Å²) in [6, 6.07) is 21.2. The molecule has 1 aromatic heterocycles. The van der Waals surface area contributed by atoms with Crippen molar-refractivity contribution in [1.29, 1.82) is 5.26 Å². The fourth-order valence-corrected chi connectivity index (χ4v) is 4.61. The average Bonchev–Trinajstić information content (AvgIpc) is 3.31.